The molecule has 2 N–H and O–H groups in total. The van der Waals surface area contributed by atoms with Crippen molar-refractivity contribution < 1.29 is 23.8 Å². The molecule has 0 amide bonds. The molecule has 5 rings (SSSR count). The highest BCUT2D eigenvalue weighted by molar-refractivity contribution is 5.76. The first-order valence-electron chi connectivity index (χ1n) is 13.3. The highest BCUT2D eigenvalue weighted by Crippen LogP contribution is 2.37. The molecule has 0 bridgehead atoms. The molecule has 2 aromatic rings. The van der Waals surface area contributed by atoms with Gasteiger partial charge in [0.1, 0.15) is 17.7 Å². The summed E-state index contributed by atoms with van der Waals surface area (Å²) in [4.78, 5) is 19.0. The van der Waals surface area contributed by atoms with Gasteiger partial charge in [-0.1, -0.05) is 12.1 Å². The van der Waals surface area contributed by atoms with Gasteiger partial charge in [0.2, 0.25) is 0 Å². The number of hydrogen-bond donors (Lipinski definition) is 2. The number of aromatic nitrogens is 1. The van der Waals surface area contributed by atoms with Crippen LogP contribution >= 0.6 is 0 Å². The first-order chi connectivity index (χ1) is 17.6. The Hall–Kier alpha value is -2.55. The molecule has 3 aliphatic heterocycles. The molecule has 2 saturated heterocycles. The second kappa shape index (κ2) is 11.7. The third-order valence-corrected chi connectivity index (χ3v) is 7.53. The van der Waals surface area contributed by atoms with Gasteiger partial charge in [0.05, 0.1) is 12.2 Å². The van der Waals surface area contributed by atoms with E-state index in [2.05, 4.69) is 17.4 Å². The monoisotopic (exact) mass is 497 g/mol. The molecule has 194 valence electrons. The zero-order chi connectivity index (χ0) is 24.9. The number of nitrogens with zero attached hydrogens (tertiary/aromatic N) is 2. The average molecular weight is 498 g/mol. The molecule has 0 aliphatic carbocycles. The van der Waals surface area contributed by atoms with Crippen molar-refractivity contribution in [3.8, 4) is 0 Å². The summed E-state index contributed by atoms with van der Waals surface area (Å²) in [6.07, 6.45) is 7.44. The van der Waals surface area contributed by atoms with Gasteiger partial charge in [-0.15, -0.1) is 0 Å². The molecular formula is C28H36FN3O4. The second-order valence-corrected chi connectivity index (χ2v) is 10.1. The molecule has 36 heavy (non-hydrogen) atoms. The summed E-state index contributed by atoms with van der Waals surface area (Å²) in [5.41, 5.74) is 3.70. The molecule has 1 aromatic heterocycles. The van der Waals surface area contributed by atoms with Gasteiger partial charge < -0.3 is 19.9 Å². The molecule has 0 spiro atoms. The van der Waals surface area contributed by atoms with E-state index in [1.807, 2.05) is 4.90 Å². The molecule has 8 heteroatoms. The minimum Gasteiger partial charge on any atom is -0.480 e. The van der Waals surface area contributed by atoms with Crippen molar-refractivity contribution in [2.45, 2.75) is 69.6 Å². The van der Waals surface area contributed by atoms with Gasteiger partial charge in [-0.05, 0) is 86.3 Å². The molecule has 3 aliphatic rings. The molecule has 2 fully saturated rings. The van der Waals surface area contributed by atoms with Crippen molar-refractivity contribution in [1.82, 2.24) is 9.88 Å². The van der Waals surface area contributed by atoms with Crippen LogP contribution in [0.5, 0.6) is 0 Å². The van der Waals surface area contributed by atoms with Gasteiger partial charge >= 0.3 is 5.97 Å². The number of carboxylic acids is 1. The lowest BCUT2D eigenvalue weighted by Gasteiger charge is -2.28. The Labute approximate surface area is 212 Å². The van der Waals surface area contributed by atoms with Crippen LogP contribution in [0.25, 0.3) is 0 Å². The SMILES string of the molecule is O=C(O)C(c1cc(F)ccc1C1CCCO1)N1CC[C@@H](OCCCCc2ccc3c(n2)NCCC3)C1. The number of likely N-dealkylation sites (tertiary alicyclic amines) is 1. The van der Waals surface area contributed by atoms with Gasteiger partial charge in [-0.25, -0.2) is 9.37 Å². The van der Waals surface area contributed by atoms with E-state index in [0.29, 0.717) is 31.9 Å². The van der Waals surface area contributed by atoms with Crippen molar-refractivity contribution in [2.24, 2.45) is 0 Å². The number of aryl methyl sites for hydroxylation is 2. The fourth-order valence-electron chi connectivity index (χ4n) is 5.68. The van der Waals surface area contributed by atoms with Crippen molar-refractivity contribution in [2.75, 3.05) is 38.2 Å². The number of aliphatic carboxylic acids is 1. The van der Waals surface area contributed by atoms with E-state index in [1.165, 1.54) is 17.7 Å². The maximum atomic E-state index is 14.2. The summed E-state index contributed by atoms with van der Waals surface area (Å²) in [6, 6.07) is 7.87. The molecule has 0 radical (unpaired) electrons. The number of pyridine rings is 1. The summed E-state index contributed by atoms with van der Waals surface area (Å²) in [5, 5.41) is 13.5. The predicted molar refractivity (Wildman–Crippen MR) is 135 cm³/mol. The Kier molecular flexibility index (Phi) is 8.14. The highest BCUT2D eigenvalue weighted by Gasteiger charge is 2.37. The van der Waals surface area contributed by atoms with E-state index in [0.717, 1.165) is 75.0 Å². The lowest BCUT2D eigenvalue weighted by atomic mass is 9.94. The normalized spacial score (nSPS) is 22.8. The van der Waals surface area contributed by atoms with Crippen LogP contribution in [0.2, 0.25) is 0 Å². The van der Waals surface area contributed by atoms with Crippen LogP contribution in [0.15, 0.2) is 30.3 Å². The number of halogens is 1. The van der Waals surface area contributed by atoms with E-state index >= 15 is 0 Å². The number of benzene rings is 1. The first-order valence-corrected chi connectivity index (χ1v) is 13.3. The molecule has 0 saturated carbocycles. The Morgan fingerprint density at radius 1 is 1.25 bits per heavy atom. The van der Waals surface area contributed by atoms with Gasteiger partial charge in [0.25, 0.3) is 0 Å². The minimum absolute atomic E-state index is 0.0161. The third kappa shape index (κ3) is 5.88. The van der Waals surface area contributed by atoms with E-state index in [4.69, 9.17) is 14.5 Å². The molecule has 3 atom stereocenters. The molecule has 7 nitrogen and oxygen atoms in total. The van der Waals surface area contributed by atoms with Crippen molar-refractivity contribution >= 4 is 11.8 Å². The van der Waals surface area contributed by atoms with Crippen LogP contribution in [0.4, 0.5) is 10.2 Å². The Morgan fingerprint density at radius 3 is 3.00 bits per heavy atom. The largest absolute Gasteiger partial charge is 0.480 e. The zero-order valence-electron chi connectivity index (χ0n) is 20.8. The Morgan fingerprint density at radius 2 is 2.17 bits per heavy atom. The van der Waals surface area contributed by atoms with Gasteiger partial charge in [-0.2, -0.15) is 0 Å². The number of unbranched alkanes of at least 4 members (excludes halogenated alkanes) is 1. The van der Waals surface area contributed by atoms with Gasteiger partial charge in [-0.3, -0.25) is 9.69 Å². The summed E-state index contributed by atoms with van der Waals surface area (Å²) in [7, 11) is 0. The van der Waals surface area contributed by atoms with Crippen LogP contribution < -0.4 is 5.32 Å². The summed E-state index contributed by atoms with van der Waals surface area (Å²) in [5.74, 6) is -0.350. The molecule has 4 heterocycles. The third-order valence-electron chi connectivity index (χ3n) is 7.53. The van der Waals surface area contributed by atoms with E-state index in [1.54, 1.807) is 6.07 Å². The van der Waals surface area contributed by atoms with Crippen LogP contribution in [0.1, 0.15) is 73.1 Å². The lowest BCUT2D eigenvalue weighted by molar-refractivity contribution is -0.143. The molecule has 2 unspecified atom stereocenters. The van der Waals surface area contributed by atoms with E-state index in [-0.39, 0.29) is 12.2 Å². The predicted octanol–water partition coefficient (Wildman–Crippen LogP) is 4.67. The highest BCUT2D eigenvalue weighted by atomic mass is 19.1. The number of fused-ring (bicyclic) bond motifs is 1. The van der Waals surface area contributed by atoms with E-state index in [9.17, 15) is 14.3 Å². The quantitative estimate of drug-likeness (QED) is 0.462. The van der Waals surface area contributed by atoms with Gasteiger partial charge in [0, 0.05) is 38.5 Å². The lowest BCUT2D eigenvalue weighted by Crippen LogP contribution is -2.34. The van der Waals surface area contributed by atoms with Gasteiger partial charge in [0.15, 0.2) is 0 Å². The average Bonchev–Trinajstić information content (AvgIpc) is 3.57. The molecule has 1 aromatic carbocycles. The fourth-order valence-corrected chi connectivity index (χ4v) is 5.68. The van der Waals surface area contributed by atoms with Crippen molar-refractivity contribution in [1.29, 1.82) is 0 Å². The number of rotatable bonds is 10. The number of anilines is 1. The summed E-state index contributed by atoms with van der Waals surface area (Å²) in [6.45, 7) is 3.41. The standard InChI is InChI=1S/C28H36FN3O4/c29-20-9-11-23(25-7-4-16-36-25)24(17-20)26(28(33)34)32-14-12-22(18-32)35-15-2-1-6-21-10-8-19-5-3-13-30-27(19)31-21/h8-11,17,22,25-26H,1-7,12-16,18H2,(H,30,31)(H,33,34)/t22-,25?,26?/m1/s1. The maximum absolute atomic E-state index is 14.2. The fraction of sp³-hybridized carbons (Fsp3) is 0.571. The Bertz CT molecular complexity index is 1060. The van der Waals surface area contributed by atoms with Crippen molar-refractivity contribution in [3.05, 3.63) is 58.5 Å². The number of ether oxygens (including phenoxy) is 2. The molecular weight excluding hydrogens is 461 g/mol. The maximum Gasteiger partial charge on any atom is 0.325 e. The van der Waals surface area contributed by atoms with Crippen LogP contribution in [0, 0.1) is 5.82 Å². The Balaban J connectivity index is 1.12. The summed E-state index contributed by atoms with van der Waals surface area (Å²) >= 11 is 0. The zero-order valence-corrected chi connectivity index (χ0v) is 20.8. The van der Waals surface area contributed by atoms with Crippen LogP contribution in [-0.4, -0.2) is 59.9 Å². The smallest absolute Gasteiger partial charge is 0.325 e. The number of carbonyl (C=O) groups is 1. The van der Waals surface area contributed by atoms with Crippen LogP contribution in [-0.2, 0) is 27.1 Å². The number of hydrogen-bond acceptors (Lipinski definition) is 6. The topological polar surface area (TPSA) is 83.9 Å². The minimum atomic E-state index is -0.965. The first kappa shape index (κ1) is 25.1. The van der Waals surface area contributed by atoms with Crippen molar-refractivity contribution in [3.63, 3.8) is 0 Å². The number of carboxylic acid groups (broad SMARTS) is 1. The van der Waals surface area contributed by atoms with E-state index < -0.39 is 17.8 Å². The van der Waals surface area contributed by atoms with Crippen LogP contribution in [0.3, 0.4) is 0 Å². The number of nitrogens with one attached hydrogen (secondary N) is 1. The second-order valence-electron chi connectivity index (χ2n) is 10.1. The summed E-state index contributed by atoms with van der Waals surface area (Å²) < 4.78 is 26.1.